The van der Waals surface area contributed by atoms with Crippen molar-refractivity contribution in [3.63, 3.8) is 0 Å². The third-order valence-electron chi connectivity index (χ3n) is 2.86. The van der Waals surface area contributed by atoms with Gasteiger partial charge in [-0.05, 0) is 33.1 Å². The van der Waals surface area contributed by atoms with Crippen LogP contribution in [0.4, 0.5) is 0 Å². The summed E-state index contributed by atoms with van der Waals surface area (Å²) in [7, 11) is 1.78. The fourth-order valence-corrected chi connectivity index (χ4v) is 1.84. The third kappa shape index (κ3) is 13.7. The molecule has 0 aromatic heterocycles. The summed E-state index contributed by atoms with van der Waals surface area (Å²) in [6.07, 6.45) is 14.6. The van der Waals surface area contributed by atoms with Gasteiger partial charge in [0.1, 0.15) is 0 Å². The molecular weight excluding hydrogens is 196 g/mol. The average Bonchev–Trinajstić information content (AvgIpc) is 2.25. The van der Waals surface area contributed by atoms with E-state index in [1.165, 1.54) is 63.4 Å². The number of rotatable bonds is 11. The van der Waals surface area contributed by atoms with Crippen LogP contribution in [0.3, 0.4) is 0 Å². The van der Waals surface area contributed by atoms with Crippen LogP contribution in [-0.4, -0.2) is 13.7 Å². The standard InChI is InChI=1S/C15H30O/c1-15(2)13-11-9-7-5-4-6-8-10-12-14-16-3/h13H,4-12,14H2,1-3H3. The number of hydrogen-bond donors (Lipinski definition) is 0. The first-order chi connectivity index (χ1) is 7.77. The molecule has 0 bridgehead atoms. The SMILES string of the molecule is COCCCCCCCCCCC=C(C)C. The van der Waals surface area contributed by atoms with E-state index < -0.39 is 0 Å². The zero-order valence-electron chi connectivity index (χ0n) is 11.6. The van der Waals surface area contributed by atoms with E-state index in [9.17, 15) is 0 Å². The van der Waals surface area contributed by atoms with Crippen LogP contribution in [0.25, 0.3) is 0 Å². The molecule has 0 saturated carbocycles. The molecular formula is C15H30O. The van der Waals surface area contributed by atoms with Gasteiger partial charge in [-0.3, -0.25) is 0 Å². The summed E-state index contributed by atoms with van der Waals surface area (Å²) in [6, 6.07) is 0. The van der Waals surface area contributed by atoms with E-state index in [0.717, 1.165) is 6.61 Å². The molecule has 0 rings (SSSR count). The summed E-state index contributed by atoms with van der Waals surface area (Å²) in [5, 5.41) is 0. The quantitative estimate of drug-likeness (QED) is 0.351. The average molecular weight is 226 g/mol. The summed E-state index contributed by atoms with van der Waals surface area (Å²) in [5.74, 6) is 0. The minimum absolute atomic E-state index is 0.933. The Hall–Kier alpha value is -0.300. The zero-order chi connectivity index (χ0) is 12.1. The van der Waals surface area contributed by atoms with Gasteiger partial charge in [0.15, 0.2) is 0 Å². The Morgan fingerprint density at radius 1 is 0.812 bits per heavy atom. The Morgan fingerprint density at radius 2 is 1.31 bits per heavy atom. The Balaban J connectivity index is 2.96. The molecule has 0 aliphatic carbocycles. The zero-order valence-corrected chi connectivity index (χ0v) is 11.6. The molecule has 0 aliphatic heterocycles. The van der Waals surface area contributed by atoms with Crippen LogP contribution in [-0.2, 0) is 4.74 Å². The molecule has 0 amide bonds. The van der Waals surface area contributed by atoms with Gasteiger partial charge in [-0.1, -0.05) is 50.2 Å². The molecule has 0 saturated heterocycles. The third-order valence-corrected chi connectivity index (χ3v) is 2.86. The van der Waals surface area contributed by atoms with E-state index in [2.05, 4.69) is 19.9 Å². The molecule has 0 aromatic rings. The molecule has 1 nitrogen and oxygen atoms in total. The highest BCUT2D eigenvalue weighted by Gasteiger charge is 1.91. The van der Waals surface area contributed by atoms with Crippen molar-refractivity contribution >= 4 is 0 Å². The molecule has 0 unspecified atom stereocenters. The van der Waals surface area contributed by atoms with Crippen molar-refractivity contribution in [1.82, 2.24) is 0 Å². The van der Waals surface area contributed by atoms with Crippen LogP contribution in [0, 0.1) is 0 Å². The van der Waals surface area contributed by atoms with Crippen molar-refractivity contribution in [3.8, 4) is 0 Å². The molecule has 0 radical (unpaired) electrons. The van der Waals surface area contributed by atoms with Gasteiger partial charge >= 0.3 is 0 Å². The highest BCUT2D eigenvalue weighted by molar-refractivity contribution is 4.92. The van der Waals surface area contributed by atoms with Crippen LogP contribution < -0.4 is 0 Å². The number of ether oxygens (including phenoxy) is 1. The van der Waals surface area contributed by atoms with Gasteiger partial charge in [-0.25, -0.2) is 0 Å². The Labute approximate surface area is 102 Å². The van der Waals surface area contributed by atoms with Crippen molar-refractivity contribution in [2.45, 2.75) is 71.6 Å². The molecule has 0 atom stereocenters. The second kappa shape index (κ2) is 12.8. The molecule has 0 fully saturated rings. The second-order valence-corrected chi connectivity index (χ2v) is 4.89. The van der Waals surface area contributed by atoms with E-state index >= 15 is 0 Å². The maximum atomic E-state index is 5.03. The lowest BCUT2D eigenvalue weighted by atomic mass is 10.1. The van der Waals surface area contributed by atoms with Gasteiger partial charge in [-0.15, -0.1) is 0 Å². The lowest BCUT2D eigenvalue weighted by Gasteiger charge is -2.01. The van der Waals surface area contributed by atoms with Crippen LogP contribution in [0.5, 0.6) is 0 Å². The largest absolute Gasteiger partial charge is 0.385 e. The summed E-state index contributed by atoms with van der Waals surface area (Å²) >= 11 is 0. The van der Waals surface area contributed by atoms with E-state index in [1.807, 2.05) is 0 Å². The summed E-state index contributed by atoms with van der Waals surface area (Å²) in [6.45, 7) is 5.29. The first-order valence-corrected chi connectivity index (χ1v) is 6.89. The summed E-state index contributed by atoms with van der Waals surface area (Å²) in [4.78, 5) is 0. The molecule has 96 valence electrons. The first-order valence-electron chi connectivity index (χ1n) is 6.89. The van der Waals surface area contributed by atoms with Crippen molar-refractivity contribution < 1.29 is 4.74 Å². The molecule has 16 heavy (non-hydrogen) atoms. The predicted octanol–water partition coefficient (Wildman–Crippen LogP) is 5.11. The first kappa shape index (κ1) is 15.7. The maximum absolute atomic E-state index is 5.03. The van der Waals surface area contributed by atoms with Crippen LogP contribution in [0.1, 0.15) is 71.6 Å². The second-order valence-electron chi connectivity index (χ2n) is 4.89. The minimum atomic E-state index is 0.933. The van der Waals surface area contributed by atoms with Crippen molar-refractivity contribution in [3.05, 3.63) is 11.6 Å². The number of methoxy groups -OCH3 is 1. The lowest BCUT2D eigenvalue weighted by Crippen LogP contribution is -1.88. The van der Waals surface area contributed by atoms with E-state index in [-0.39, 0.29) is 0 Å². The van der Waals surface area contributed by atoms with E-state index in [0.29, 0.717) is 0 Å². The van der Waals surface area contributed by atoms with Crippen molar-refractivity contribution in [2.24, 2.45) is 0 Å². The fraction of sp³-hybridized carbons (Fsp3) is 0.867. The van der Waals surface area contributed by atoms with Crippen LogP contribution in [0.15, 0.2) is 11.6 Å². The topological polar surface area (TPSA) is 9.23 Å². The molecule has 0 heterocycles. The van der Waals surface area contributed by atoms with Crippen LogP contribution >= 0.6 is 0 Å². The minimum Gasteiger partial charge on any atom is -0.385 e. The Morgan fingerprint density at radius 3 is 1.81 bits per heavy atom. The molecule has 1 heteroatoms. The number of allylic oxidation sites excluding steroid dienone is 2. The highest BCUT2D eigenvalue weighted by atomic mass is 16.5. The van der Waals surface area contributed by atoms with Crippen molar-refractivity contribution in [2.75, 3.05) is 13.7 Å². The lowest BCUT2D eigenvalue weighted by molar-refractivity contribution is 0.192. The van der Waals surface area contributed by atoms with E-state index in [1.54, 1.807) is 7.11 Å². The molecule has 0 aliphatic rings. The molecule has 0 aromatic carbocycles. The van der Waals surface area contributed by atoms with Gasteiger partial charge in [0.05, 0.1) is 0 Å². The van der Waals surface area contributed by atoms with Crippen molar-refractivity contribution in [1.29, 1.82) is 0 Å². The van der Waals surface area contributed by atoms with Crippen LogP contribution in [0.2, 0.25) is 0 Å². The normalized spacial score (nSPS) is 10.4. The van der Waals surface area contributed by atoms with Gasteiger partial charge in [0.25, 0.3) is 0 Å². The fourth-order valence-electron chi connectivity index (χ4n) is 1.84. The monoisotopic (exact) mass is 226 g/mol. The number of unbranched alkanes of at least 4 members (excludes halogenated alkanes) is 8. The Bertz CT molecular complexity index is 157. The molecule has 0 N–H and O–H groups in total. The van der Waals surface area contributed by atoms with Gasteiger partial charge in [0, 0.05) is 13.7 Å². The summed E-state index contributed by atoms with van der Waals surface area (Å²) < 4.78 is 5.03. The number of hydrogen-bond acceptors (Lipinski definition) is 1. The van der Waals surface area contributed by atoms with Gasteiger partial charge in [0.2, 0.25) is 0 Å². The van der Waals surface area contributed by atoms with E-state index in [4.69, 9.17) is 4.74 Å². The maximum Gasteiger partial charge on any atom is 0.0462 e. The predicted molar refractivity (Wildman–Crippen MR) is 72.9 cm³/mol. The Kier molecular flexibility index (Phi) is 12.5. The summed E-state index contributed by atoms with van der Waals surface area (Å²) in [5.41, 5.74) is 1.46. The highest BCUT2D eigenvalue weighted by Crippen LogP contribution is 2.10. The molecule has 0 spiro atoms. The smallest absolute Gasteiger partial charge is 0.0462 e. The van der Waals surface area contributed by atoms with Gasteiger partial charge in [-0.2, -0.15) is 0 Å². The van der Waals surface area contributed by atoms with Gasteiger partial charge < -0.3 is 4.74 Å².